The summed E-state index contributed by atoms with van der Waals surface area (Å²) in [5, 5.41) is 5.99. The van der Waals surface area contributed by atoms with Crippen LogP contribution in [0.15, 0.2) is 60.9 Å². The summed E-state index contributed by atoms with van der Waals surface area (Å²) >= 11 is 0. The fraction of sp³-hybridized carbons (Fsp3) is 0.190. The van der Waals surface area contributed by atoms with Gasteiger partial charge in [0.15, 0.2) is 0 Å². The molecule has 0 fully saturated rings. The maximum Gasteiger partial charge on any atom is 0.274 e. The number of carbonyl (C=O) groups excluding carboxylic acids is 1. The topological polar surface area (TPSA) is 76.1 Å². The van der Waals surface area contributed by atoms with Crippen LogP contribution in [0.5, 0.6) is 5.75 Å². The van der Waals surface area contributed by atoms with E-state index in [1.807, 2.05) is 57.2 Å². The second kappa shape index (κ2) is 8.31. The molecular formula is C21H22N4O2. The average molecular weight is 362 g/mol. The second-order valence-electron chi connectivity index (χ2n) is 6.42. The van der Waals surface area contributed by atoms with Gasteiger partial charge in [0, 0.05) is 17.4 Å². The molecule has 0 radical (unpaired) electrons. The molecule has 1 heterocycles. The third-order valence-electron chi connectivity index (χ3n) is 3.71. The third-order valence-corrected chi connectivity index (χ3v) is 3.71. The van der Waals surface area contributed by atoms with Crippen LogP contribution in [0.4, 0.5) is 17.2 Å². The molecule has 0 bridgehead atoms. The number of rotatable bonds is 6. The summed E-state index contributed by atoms with van der Waals surface area (Å²) in [5.74, 6) is 1.01. The minimum atomic E-state index is -0.304. The first-order valence-electron chi connectivity index (χ1n) is 8.73. The summed E-state index contributed by atoms with van der Waals surface area (Å²) in [7, 11) is 0. The van der Waals surface area contributed by atoms with Crippen LogP contribution in [-0.2, 0) is 0 Å². The van der Waals surface area contributed by atoms with E-state index in [0.29, 0.717) is 11.5 Å². The Bertz CT molecular complexity index is 906. The number of hydrogen-bond donors (Lipinski definition) is 2. The molecule has 0 aliphatic heterocycles. The van der Waals surface area contributed by atoms with Gasteiger partial charge in [-0.25, -0.2) is 9.97 Å². The fourth-order valence-electron chi connectivity index (χ4n) is 2.42. The van der Waals surface area contributed by atoms with Gasteiger partial charge in [0.05, 0.1) is 6.10 Å². The highest BCUT2D eigenvalue weighted by Crippen LogP contribution is 2.18. The molecule has 0 aliphatic rings. The van der Waals surface area contributed by atoms with Crippen LogP contribution >= 0.6 is 0 Å². The number of benzene rings is 2. The van der Waals surface area contributed by atoms with Crippen LogP contribution in [0.1, 0.15) is 29.9 Å². The van der Waals surface area contributed by atoms with E-state index in [0.717, 1.165) is 11.4 Å². The van der Waals surface area contributed by atoms with Crippen molar-refractivity contribution < 1.29 is 9.53 Å². The molecule has 1 amide bonds. The Morgan fingerprint density at radius 1 is 0.963 bits per heavy atom. The maximum atomic E-state index is 12.5. The molecule has 27 heavy (non-hydrogen) atoms. The number of hydrogen-bond acceptors (Lipinski definition) is 5. The van der Waals surface area contributed by atoms with Crippen molar-refractivity contribution in [2.45, 2.75) is 26.9 Å². The second-order valence-corrected chi connectivity index (χ2v) is 6.42. The summed E-state index contributed by atoms with van der Waals surface area (Å²) < 4.78 is 5.60. The molecule has 1 aromatic heterocycles. The standard InChI is InChI=1S/C21H22N4O2/c1-14(2)27-18-10-8-17(9-11-18)25-21(26)19-12-20(23-13-22-19)24-16-6-4-15(3)5-7-16/h4-14H,1-3H3,(H,25,26)(H,22,23,24). The van der Waals surface area contributed by atoms with Crippen molar-refractivity contribution in [3.8, 4) is 5.75 Å². The van der Waals surface area contributed by atoms with E-state index < -0.39 is 0 Å². The average Bonchev–Trinajstić information content (AvgIpc) is 2.65. The lowest BCUT2D eigenvalue weighted by atomic mass is 10.2. The van der Waals surface area contributed by atoms with Crippen LogP contribution in [-0.4, -0.2) is 22.0 Å². The fourth-order valence-corrected chi connectivity index (χ4v) is 2.42. The minimum absolute atomic E-state index is 0.103. The molecule has 0 atom stereocenters. The van der Waals surface area contributed by atoms with Gasteiger partial charge in [0.25, 0.3) is 5.91 Å². The molecule has 0 spiro atoms. The zero-order valence-electron chi connectivity index (χ0n) is 15.6. The summed E-state index contributed by atoms with van der Waals surface area (Å²) in [6.45, 7) is 5.96. The van der Waals surface area contributed by atoms with Crippen molar-refractivity contribution in [1.29, 1.82) is 0 Å². The van der Waals surface area contributed by atoms with Gasteiger partial charge in [0.1, 0.15) is 23.6 Å². The van der Waals surface area contributed by atoms with Crippen molar-refractivity contribution in [1.82, 2.24) is 9.97 Å². The van der Waals surface area contributed by atoms with Gasteiger partial charge in [-0.2, -0.15) is 0 Å². The summed E-state index contributed by atoms with van der Waals surface area (Å²) in [6, 6.07) is 16.8. The molecule has 6 nitrogen and oxygen atoms in total. The van der Waals surface area contributed by atoms with Crippen LogP contribution in [0, 0.1) is 6.92 Å². The normalized spacial score (nSPS) is 10.5. The van der Waals surface area contributed by atoms with Crippen molar-refractivity contribution >= 4 is 23.1 Å². The number of nitrogens with one attached hydrogen (secondary N) is 2. The van der Waals surface area contributed by atoms with E-state index >= 15 is 0 Å². The SMILES string of the molecule is Cc1ccc(Nc2cc(C(=O)Nc3ccc(OC(C)C)cc3)ncn2)cc1. The Kier molecular flexibility index (Phi) is 5.66. The predicted octanol–water partition coefficient (Wildman–Crippen LogP) is 4.57. The van der Waals surface area contributed by atoms with Gasteiger partial charge in [-0.05, 0) is 57.2 Å². The van der Waals surface area contributed by atoms with Crippen LogP contribution in [0.25, 0.3) is 0 Å². The van der Waals surface area contributed by atoms with Crippen molar-refractivity contribution in [3.05, 3.63) is 72.2 Å². The first-order valence-corrected chi connectivity index (χ1v) is 8.73. The molecular weight excluding hydrogens is 340 g/mol. The highest BCUT2D eigenvalue weighted by Gasteiger charge is 2.10. The number of aromatic nitrogens is 2. The largest absolute Gasteiger partial charge is 0.491 e. The smallest absolute Gasteiger partial charge is 0.274 e. The maximum absolute atomic E-state index is 12.5. The van der Waals surface area contributed by atoms with Gasteiger partial charge in [-0.3, -0.25) is 4.79 Å². The lowest BCUT2D eigenvalue weighted by molar-refractivity contribution is 0.102. The minimum Gasteiger partial charge on any atom is -0.491 e. The Hall–Kier alpha value is -3.41. The van der Waals surface area contributed by atoms with E-state index in [-0.39, 0.29) is 17.7 Å². The van der Waals surface area contributed by atoms with Gasteiger partial charge < -0.3 is 15.4 Å². The van der Waals surface area contributed by atoms with E-state index in [1.54, 1.807) is 18.2 Å². The quantitative estimate of drug-likeness (QED) is 0.672. The van der Waals surface area contributed by atoms with Crippen LogP contribution in [0.2, 0.25) is 0 Å². The van der Waals surface area contributed by atoms with E-state index in [1.165, 1.54) is 11.9 Å². The number of aryl methyl sites for hydroxylation is 1. The van der Waals surface area contributed by atoms with Gasteiger partial charge >= 0.3 is 0 Å². The van der Waals surface area contributed by atoms with Gasteiger partial charge in [0.2, 0.25) is 0 Å². The summed E-state index contributed by atoms with van der Waals surface area (Å²) in [5.41, 5.74) is 3.02. The lowest BCUT2D eigenvalue weighted by Gasteiger charge is -2.11. The molecule has 0 unspecified atom stereocenters. The Labute approximate surface area is 158 Å². The molecule has 0 saturated carbocycles. The number of anilines is 3. The molecule has 2 N–H and O–H groups in total. The van der Waals surface area contributed by atoms with E-state index in [9.17, 15) is 4.79 Å². The van der Waals surface area contributed by atoms with Gasteiger partial charge in [-0.15, -0.1) is 0 Å². The molecule has 2 aromatic carbocycles. The molecule has 3 aromatic rings. The Morgan fingerprint density at radius 3 is 2.30 bits per heavy atom. The molecule has 6 heteroatoms. The number of amides is 1. The number of carbonyl (C=O) groups is 1. The lowest BCUT2D eigenvalue weighted by Crippen LogP contribution is -2.14. The first kappa shape index (κ1) is 18.4. The van der Waals surface area contributed by atoms with Crippen LogP contribution in [0.3, 0.4) is 0 Å². The monoisotopic (exact) mass is 362 g/mol. The van der Waals surface area contributed by atoms with Crippen molar-refractivity contribution in [2.75, 3.05) is 10.6 Å². The zero-order chi connectivity index (χ0) is 19.2. The summed E-state index contributed by atoms with van der Waals surface area (Å²) in [6.07, 6.45) is 1.47. The highest BCUT2D eigenvalue weighted by atomic mass is 16.5. The highest BCUT2D eigenvalue weighted by molar-refractivity contribution is 6.03. The number of nitrogens with zero attached hydrogens (tertiary/aromatic N) is 2. The van der Waals surface area contributed by atoms with Crippen LogP contribution < -0.4 is 15.4 Å². The van der Waals surface area contributed by atoms with Gasteiger partial charge in [-0.1, -0.05) is 17.7 Å². The van der Waals surface area contributed by atoms with Crippen molar-refractivity contribution in [2.24, 2.45) is 0 Å². The van der Waals surface area contributed by atoms with E-state index in [4.69, 9.17) is 4.74 Å². The zero-order valence-corrected chi connectivity index (χ0v) is 15.6. The molecule has 0 saturated heterocycles. The Balaban J connectivity index is 1.67. The molecule has 0 aliphatic carbocycles. The Morgan fingerprint density at radius 2 is 1.63 bits per heavy atom. The number of ether oxygens (including phenoxy) is 1. The first-order chi connectivity index (χ1) is 13.0. The molecule has 138 valence electrons. The predicted molar refractivity (Wildman–Crippen MR) is 107 cm³/mol. The van der Waals surface area contributed by atoms with E-state index in [2.05, 4.69) is 20.6 Å². The summed E-state index contributed by atoms with van der Waals surface area (Å²) in [4.78, 5) is 20.7. The third kappa shape index (κ3) is 5.28. The molecule has 3 rings (SSSR count). The van der Waals surface area contributed by atoms with Crippen molar-refractivity contribution in [3.63, 3.8) is 0 Å².